The molecule has 68 valence electrons. The van der Waals surface area contributed by atoms with E-state index in [-0.39, 0.29) is 6.04 Å². The lowest BCUT2D eigenvalue weighted by Gasteiger charge is -2.05. The van der Waals surface area contributed by atoms with Crippen LogP contribution in [0.4, 0.5) is 0 Å². The molecule has 13 heavy (non-hydrogen) atoms. The van der Waals surface area contributed by atoms with Crippen LogP contribution in [0.2, 0.25) is 0 Å². The Morgan fingerprint density at radius 1 is 1.38 bits per heavy atom. The first-order valence-corrected chi connectivity index (χ1v) is 4.58. The molecule has 0 bridgehead atoms. The number of aromatic nitrogens is 1. The van der Waals surface area contributed by atoms with Gasteiger partial charge in [0.2, 0.25) is 0 Å². The largest absolute Gasteiger partial charge is 0.361 e. The van der Waals surface area contributed by atoms with Gasteiger partial charge in [-0.05, 0) is 31.0 Å². The molecule has 0 aliphatic heterocycles. The fraction of sp³-hybridized carbons (Fsp3) is 0.273. The predicted molar refractivity (Wildman–Crippen MR) is 55.7 cm³/mol. The molecule has 0 aliphatic carbocycles. The van der Waals surface area contributed by atoms with Crippen molar-refractivity contribution in [3.05, 3.63) is 36.0 Å². The van der Waals surface area contributed by atoms with E-state index in [0.717, 1.165) is 6.42 Å². The van der Waals surface area contributed by atoms with Crippen LogP contribution >= 0.6 is 0 Å². The molecule has 0 amide bonds. The van der Waals surface area contributed by atoms with Crippen molar-refractivity contribution in [2.75, 3.05) is 0 Å². The van der Waals surface area contributed by atoms with Crippen molar-refractivity contribution in [2.45, 2.75) is 19.4 Å². The van der Waals surface area contributed by atoms with Gasteiger partial charge in [-0.2, -0.15) is 0 Å². The molecule has 1 aromatic carbocycles. The van der Waals surface area contributed by atoms with E-state index in [1.54, 1.807) is 0 Å². The highest BCUT2D eigenvalue weighted by Gasteiger charge is 2.02. The second-order valence-electron chi connectivity index (χ2n) is 3.54. The minimum absolute atomic E-state index is 0.223. The van der Waals surface area contributed by atoms with Crippen molar-refractivity contribution in [1.82, 2.24) is 4.98 Å². The zero-order chi connectivity index (χ0) is 9.26. The molecule has 2 rings (SSSR count). The average Bonchev–Trinajstić information content (AvgIpc) is 2.51. The van der Waals surface area contributed by atoms with E-state index < -0.39 is 0 Å². The second kappa shape index (κ2) is 3.23. The third kappa shape index (κ3) is 1.58. The highest BCUT2D eigenvalue weighted by atomic mass is 14.7. The molecule has 0 unspecified atom stereocenters. The van der Waals surface area contributed by atoms with Gasteiger partial charge in [-0.1, -0.05) is 12.1 Å². The minimum Gasteiger partial charge on any atom is -0.361 e. The molecule has 1 heterocycles. The lowest BCUT2D eigenvalue weighted by atomic mass is 10.0. The van der Waals surface area contributed by atoms with Gasteiger partial charge in [-0.3, -0.25) is 0 Å². The van der Waals surface area contributed by atoms with E-state index in [1.807, 2.05) is 13.1 Å². The third-order valence-electron chi connectivity index (χ3n) is 2.23. The number of aromatic amines is 1. The van der Waals surface area contributed by atoms with Gasteiger partial charge in [0.05, 0.1) is 0 Å². The Morgan fingerprint density at radius 3 is 3.00 bits per heavy atom. The van der Waals surface area contributed by atoms with Gasteiger partial charge in [0, 0.05) is 23.1 Å². The fourth-order valence-electron chi connectivity index (χ4n) is 1.68. The maximum absolute atomic E-state index is 5.77. The smallest absolute Gasteiger partial charge is 0.0456 e. The number of fused-ring (bicyclic) bond motifs is 1. The zero-order valence-corrected chi connectivity index (χ0v) is 7.75. The summed E-state index contributed by atoms with van der Waals surface area (Å²) in [6, 6.07) is 8.61. The molecule has 2 nitrogen and oxygen atoms in total. The summed E-state index contributed by atoms with van der Waals surface area (Å²) in [5.41, 5.74) is 8.29. The number of rotatable bonds is 2. The van der Waals surface area contributed by atoms with Crippen molar-refractivity contribution >= 4 is 10.9 Å². The van der Waals surface area contributed by atoms with Crippen LogP contribution in [0.3, 0.4) is 0 Å². The Kier molecular flexibility index (Phi) is 2.07. The van der Waals surface area contributed by atoms with Crippen LogP contribution in [-0.4, -0.2) is 11.0 Å². The molecular formula is C11H14N2. The molecule has 1 atom stereocenters. The van der Waals surface area contributed by atoms with Crippen LogP contribution in [-0.2, 0) is 6.42 Å². The first-order chi connectivity index (χ1) is 6.27. The molecule has 1 aromatic heterocycles. The molecule has 2 aromatic rings. The van der Waals surface area contributed by atoms with E-state index in [9.17, 15) is 0 Å². The van der Waals surface area contributed by atoms with Crippen LogP contribution < -0.4 is 5.73 Å². The highest BCUT2D eigenvalue weighted by molar-refractivity contribution is 5.82. The number of H-pyrrole nitrogens is 1. The second-order valence-corrected chi connectivity index (χ2v) is 3.54. The number of nitrogens with one attached hydrogen (secondary N) is 1. The molecule has 0 fully saturated rings. The number of hydrogen-bond donors (Lipinski definition) is 2. The Balaban J connectivity index is 2.48. The van der Waals surface area contributed by atoms with Crippen LogP contribution in [0.1, 0.15) is 12.5 Å². The van der Waals surface area contributed by atoms with Crippen molar-refractivity contribution < 1.29 is 0 Å². The van der Waals surface area contributed by atoms with E-state index in [4.69, 9.17) is 5.73 Å². The monoisotopic (exact) mass is 174 g/mol. The van der Waals surface area contributed by atoms with Gasteiger partial charge < -0.3 is 10.7 Å². The number of nitrogens with two attached hydrogens (primary N) is 1. The molecule has 2 heteroatoms. The molecule has 0 saturated heterocycles. The van der Waals surface area contributed by atoms with E-state index in [0.29, 0.717) is 0 Å². The molecular weight excluding hydrogens is 160 g/mol. The first-order valence-electron chi connectivity index (χ1n) is 4.58. The Hall–Kier alpha value is -1.28. The summed E-state index contributed by atoms with van der Waals surface area (Å²) in [5, 5.41) is 1.29. The van der Waals surface area contributed by atoms with Gasteiger partial charge in [-0.15, -0.1) is 0 Å². The first kappa shape index (κ1) is 8.32. The Morgan fingerprint density at radius 2 is 2.23 bits per heavy atom. The maximum atomic E-state index is 5.77. The average molecular weight is 174 g/mol. The lowest BCUT2D eigenvalue weighted by Crippen LogP contribution is -2.17. The van der Waals surface area contributed by atoms with Crippen molar-refractivity contribution in [1.29, 1.82) is 0 Å². The van der Waals surface area contributed by atoms with Gasteiger partial charge in [0.1, 0.15) is 0 Å². The van der Waals surface area contributed by atoms with Crippen LogP contribution in [0, 0.1) is 0 Å². The van der Waals surface area contributed by atoms with Gasteiger partial charge in [0.25, 0.3) is 0 Å². The molecule has 0 aliphatic rings. The van der Waals surface area contributed by atoms with Gasteiger partial charge in [0.15, 0.2) is 0 Å². The van der Waals surface area contributed by atoms with E-state index in [1.165, 1.54) is 16.5 Å². The summed E-state index contributed by atoms with van der Waals surface area (Å²) in [6.07, 6.45) is 2.91. The normalized spacial score (nSPS) is 13.4. The SMILES string of the molecule is C[C@H](N)Cc1cccc2[nH]ccc12. The summed E-state index contributed by atoms with van der Waals surface area (Å²) >= 11 is 0. The van der Waals surface area contributed by atoms with Crippen molar-refractivity contribution in [3.63, 3.8) is 0 Å². The van der Waals surface area contributed by atoms with E-state index >= 15 is 0 Å². The highest BCUT2D eigenvalue weighted by Crippen LogP contribution is 2.18. The Bertz CT molecular complexity index is 401. The summed E-state index contributed by atoms with van der Waals surface area (Å²) in [6.45, 7) is 2.03. The molecule has 0 saturated carbocycles. The zero-order valence-electron chi connectivity index (χ0n) is 7.75. The molecule has 3 N–H and O–H groups in total. The van der Waals surface area contributed by atoms with Crippen molar-refractivity contribution in [2.24, 2.45) is 5.73 Å². The summed E-state index contributed by atoms with van der Waals surface area (Å²) in [7, 11) is 0. The summed E-state index contributed by atoms with van der Waals surface area (Å²) in [5.74, 6) is 0. The predicted octanol–water partition coefficient (Wildman–Crippen LogP) is 2.06. The van der Waals surface area contributed by atoms with Crippen LogP contribution in [0.5, 0.6) is 0 Å². The summed E-state index contributed by atoms with van der Waals surface area (Å²) < 4.78 is 0. The lowest BCUT2D eigenvalue weighted by molar-refractivity contribution is 0.742. The van der Waals surface area contributed by atoms with Gasteiger partial charge in [-0.25, -0.2) is 0 Å². The Labute approximate surface area is 77.8 Å². The van der Waals surface area contributed by atoms with Crippen LogP contribution in [0.15, 0.2) is 30.5 Å². The minimum atomic E-state index is 0.223. The standard InChI is InChI=1S/C11H14N2/c1-8(12)7-9-3-2-4-11-10(9)5-6-13-11/h2-6,8,13H,7,12H2,1H3/t8-/m0/s1. The fourth-order valence-corrected chi connectivity index (χ4v) is 1.68. The van der Waals surface area contributed by atoms with Crippen LogP contribution in [0.25, 0.3) is 10.9 Å². The molecule has 0 radical (unpaired) electrons. The number of hydrogen-bond acceptors (Lipinski definition) is 1. The summed E-state index contributed by atoms with van der Waals surface area (Å²) in [4.78, 5) is 3.19. The third-order valence-corrected chi connectivity index (χ3v) is 2.23. The van der Waals surface area contributed by atoms with E-state index in [2.05, 4.69) is 29.2 Å². The maximum Gasteiger partial charge on any atom is 0.0456 e. The van der Waals surface area contributed by atoms with Gasteiger partial charge >= 0.3 is 0 Å². The topological polar surface area (TPSA) is 41.8 Å². The molecule has 0 spiro atoms. The number of benzene rings is 1. The van der Waals surface area contributed by atoms with Crippen molar-refractivity contribution in [3.8, 4) is 0 Å². The quantitative estimate of drug-likeness (QED) is 0.719.